The number of nitrogens with one attached hydrogen (secondary N) is 2. The number of hydrogen-bond acceptors (Lipinski definition) is 3. The molecular weight excluding hydrogens is 225 g/mol. The first-order chi connectivity index (χ1) is 8.02. The lowest BCUT2D eigenvalue weighted by molar-refractivity contribution is -0.123. The predicted octanol–water partition coefficient (Wildman–Crippen LogP) is 0.148. The van der Waals surface area contributed by atoms with Crippen LogP contribution in [-0.2, 0) is 9.59 Å². The molecule has 0 aromatic heterocycles. The summed E-state index contributed by atoms with van der Waals surface area (Å²) in [5.74, 6) is -1.46. The molecule has 5 nitrogen and oxygen atoms in total. The summed E-state index contributed by atoms with van der Waals surface area (Å²) < 4.78 is 13.3. The zero-order chi connectivity index (χ0) is 12.8. The van der Waals surface area contributed by atoms with Crippen molar-refractivity contribution < 1.29 is 14.0 Å². The number of benzene rings is 1. The number of nitrogens with two attached hydrogens (primary N) is 1. The molecule has 0 atom stereocenters. The van der Waals surface area contributed by atoms with Gasteiger partial charge in [-0.1, -0.05) is 6.07 Å². The monoisotopic (exact) mass is 239 g/mol. The van der Waals surface area contributed by atoms with Crippen LogP contribution in [-0.4, -0.2) is 24.9 Å². The van der Waals surface area contributed by atoms with Crippen LogP contribution in [0.2, 0.25) is 0 Å². The van der Waals surface area contributed by atoms with Crippen LogP contribution in [0.15, 0.2) is 18.2 Å². The summed E-state index contributed by atoms with van der Waals surface area (Å²) in [5, 5.41) is 4.65. The average molecular weight is 239 g/mol. The van der Waals surface area contributed by atoms with Gasteiger partial charge in [-0.2, -0.15) is 0 Å². The molecule has 0 aliphatic rings. The Balaban J connectivity index is 2.56. The summed E-state index contributed by atoms with van der Waals surface area (Å²) in [6, 6.07) is 4.38. The Labute approximate surface area is 98.2 Å². The summed E-state index contributed by atoms with van der Waals surface area (Å²) in [7, 11) is 0. The van der Waals surface area contributed by atoms with Crippen molar-refractivity contribution in [3.8, 4) is 0 Å². The molecule has 17 heavy (non-hydrogen) atoms. The number of carbonyl (C=O) groups excluding carboxylic acids is 2. The molecule has 0 saturated heterocycles. The second-order valence-electron chi connectivity index (χ2n) is 3.51. The SMILES string of the molecule is Cc1ccc(F)c(NC(=O)CNC(=O)CN)c1. The van der Waals surface area contributed by atoms with Crippen LogP contribution in [0.4, 0.5) is 10.1 Å². The van der Waals surface area contributed by atoms with Crippen molar-refractivity contribution >= 4 is 17.5 Å². The van der Waals surface area contributed by atoms with E-state index in [-0.39, 0.29) is 18.8 Å². The Morgan fingerprint density at radius 2 is 2.06 bits per heavy atom. The first-order valence-electron chi connectivity index (χ1n) is 5.05. The molecule has 2 amide bonds. The fraction of sp³-hybridized carbons (Fsp3) is 0.273. The van der Waals surface area contributed by atoms with Crippen molar-refractivity contribution in [2.24, 2.45) is 5.73 Å². The summed E-state index contributed by atoms with van der Waals surface area (Å²) in [6.45, 7) is 1.36. The summed E-state index contributed by atoms with van der Waals surface area (Å²) in [5.41, 5.74) is 5.97. The van der Waals surface area contributed by atoms with E-state index in [9.17, 15) is 14.0 Å². The highest BCUT2D eigenvalue weighted by Crippen LogP contribution is 2.15. The molecular formula is C11H14FN3O2. The second-order valence-corrected chi connectivity index (χ2v) is 3.51. The minimum absolute atomic E-state index is 0.0944. The first-order valence-corrected chi connectivity index (χ1v) is 5.05. The van der Waals surface area contributed by atoms with Crippen molar-refractivity contribution in [1.29, 1.82) is 0 Å². The van der Waals surface area contributed by atoms with Crippen LogP contribution in [0.1, 0.15) is 5.56 Å². The number of aryl methyl sites for hydroxylation is 1. The van der Waals surface area contributed by atoms with Gasteiger partial charge in [0.2, 0.25) is 11.8 Å². The highest BCUT2D eigenvalue weighted by Gasteiger charge is 2.08. The van der Waals surface area contributed by atoms with Gasteiger partial charge in [0.25, 0.3) is 0 Å². The van der Waals surface area contributed by atoms with E-state index in [1.165, 1.54) is 12.1 Å². The largest absolute Gasteiger partial charge is 0.346 e. The predicted molar refractivity (Wildman–Crippen MR) is 61.8 cm³/mol. The van der Waals surface area contributed by atoms with Crippen molar-refractivity contribution in [1.82, 2.24) is 5.32 Å². The molecule has 1 rings (SSSR count). The molecule has 0 radical (unpaired) electrons. The van der Waals surface area contributed by atoms with Crippen molar-refractivity contribution in [3.63, 3.8) is 0 Å². The molecule has 0 aliphatic carbocycles. The van der Waals surface area contributed by atoms with Crippen molar-refractivity contribution in [2.45, 2.75) is 6.92 Å². The number of carbonyl (C=O) groups is 2. The molecule has 0 heterocycles. The highest BCUT2D eigenvalue weighted by molar-refractivity contribution is 5.94. The van der Waals surface area contributed by atoms with Gasteiger partial charge in [-0.05, 0) is 24.6 Å². The molecule has 0 spiro atoms. The summed E-state index contributed by atoms with van der Waals surface area (Å²) >= 11 is 0. The lowest BCUT2D eigenvalue weighted by Crippen LogP contribution is -2.36. The highest BCUT2D eigenvalue weighted by atomic mass is 19.1. The number of amides is 2. The van der Waals surface area contributed by atoms with Crippen LogP contribution in [0.3, 0.4) is 0 Å². The first kappa shape index (κ1) is 13.1. The van der Waals surface area contributed by atoms with Crippen LogP contribution in [0, 0.1) is 12.7 Å². The van der Waals surface area contributed by atoms with Crippen LogP contribution < -0.4 is 16.4 Å². The molecule has 0 saturated carbocycles. The number of halogens is 1. The molecule has 6 heteroatoms. The van der Waals surface area contributed by atoms with E-state index < -0.39 is 17.6 Å². The Morgan fingerprint density at radius 1 is 1.35 bits per heavy atom. The van der Waals surface area contributed by atoms with Crippen molar-refractivity contribution in [3.05, 3.63) is 29.6 Å². The molecule has 0 bridgehead atoms. The maximum Gasteiger partial charge on any atom is 0.243 e. The molecule has 1 aromatic carbocycles. The lowest BCUT2D eigenvalue weighted by Gasteiger charge is -2.07. The third kappa shape index (κ3) is 4.20. The zero-order valence-corrected chi connectivity index (χ0v) is 9.42. The van der Waals surface area contributed by atoms with E-state index in [0.29, 0.717) is 0 Å². The quantitative estimate of drug-likeness (QED) is 0.699. The maximum atomic E-state index is 13.3. The van der Waals surface area contributed by atoms with Gasteiger partial charge in [0.05, 0.1) is 18.8 Å². The van der Waals surface area contributed by atoms with Gasteiger partial charge in [-0.25, -0.2) is 4.39 Å². The van der Waals surface area contributed by atoms with E-state index >= 15 is 0 Å². The van der Waals surface area contributed by atoms with E-state index in [1.807, 2.05) is 0 Å². The van der Waals surface area contributed by atoms with Gasteiger partial charge in [-0.15, -0.1) is 0 Å². The normalized spacial score (nSPS) is 9.82. The fourth-order valence-corrected chi connectivity index (χ4v) is 1.18. The average Bonchev–Trinajstić information content (AvgIpc) is 2.30. The molecule has 0 fully saturated rings. The Hall–Kier alpha value is -1.95. The molecule has 4 N–H and O–H groups in total. The Bertz CT molecular complexity index is 435. The van der Waals surface area contributed by atoms with Crippen LogP contribution in [0.25, 0.3) is 0 Å². The number of hydrogen-bond donors (Lipinski definition) is 3. The Morgan fingerprint density at radius 3 is 2.71 bits per heavy atom. The molecule has 0 unspecified atom stereocenters. The van der Waals surface area contributed by atoms with E-state index in [1.54, 1.807) is 13.0 Å². The van der Waals surface area contributed by atoms with Gasteiger partial charge in [0.15, 0.2) is 0 Å². The van der Waals surface area contributed by atoms with Gasteiger partial charge < -0.3 is 16.4 Å². The van der Waals surface area contributed by atoms with E-state index in [4.69, 9.17) is 5.73 Å². The van der Waals surface area contributed by atoms with Gasteiger partial charge >= 0.3 is 0 Å². The van der Waals surface area contributed by atoms with Crippen molar-refractivity contribution in [2.75, 3.05) is 18.4 Å². The number of anilines is 1. The minimum atomic E-state index is -0.519. The van der Waals surface area contributed by atoms with Gasteiger partial charge in [0.1, 0.15) is 5.82 Å². The third-order valence-electron chi connectivity index (χ3n) is 2.03. The van der Waals surface area contributed by atoms with Crippen LogP contribution >= 0.6 is 0 Å². The fourth-order valence-electron chi connectivity index (χ4n) is 1.18. The number of rotatable bonds is 4. The summed E-state index contributed by atoms with van der Waals surface area (Å²) in [6.07, 6.45) is 0. The van der Waals surface area contributed by atoms with E-state index in [0.717, 1.165) is 5.56 Å². The lowest BCUT2D eigenvalue weighted by atomic mass is 10.2. The third-order valence-corrected chi connectivity index (χ3v) is 2.03. The zero-order valence-electron chi connectivity index (χ0n) is 9.42. The topological polar surface area (TPSA) is 84.2 Å². The minimum Gasteiger partial charge on any atom is -0.346 e. The molecule has 92 valence electrons. The Kier molecular flexibility index (Phi) is 4.59. The van der Waals surface area contributed by atoms with Gasteiger partial charge in [0, 0.05) is 0 Å². The molecule has 0 aliphatic heterocycles. The second kappa shape index (κ2) is 5.95. The van der Waals surface area contributed by atoms with Crippen LogP contribution in [0.5, 0.6) is 0 Å². The smallest absolute Gasteiger partial charge is 0.243 e. The standard InChI is InChI=1S/C11H14FN3O2/c1-7-2-3-8(12)9(4-7)15-11(17)6-14-10(16)5-13/h2-4H,5-6,13H2,1H3,(H,14,16)(H,15,17). The summed E-state index contributed by atoms with van der Waals surface area (Å²) in [4.78, 5) is 22.2. The molecule has 1 aromatic rings. The van der Waals surface area contributed by atoms with E-state index in [2.05, 4.69) is 10.6 Å². The van der Waals surface area contributed by atoms with Gasteiger partial charge in [-0.3, -0.25) is 9.59 Å². The maximum absolute atomic E-state index is 13.3.